The maximum absolute atomic E-state index is 11.1. The van der Waals surface area contributed by atoms with E-state index in [1.165, 1.54) is 18.2 Å². The van der Waals surface area contributed by atoms with E-state index in [2.05, 4.69) is 26.1 Å². The van der Waals surface area contributed by atoms with Gasteiger partial charge in [0.1, 0.15) is 5.75 Å². The molecule has 2 rings (SSSR count). The number of nitrogens with zero attached hydrogens (tertiary/aromatic N) is 2. The molecule has 0 fully saturated rings. The third-order valence-electron chi connectivity index (χ3n) is 2.11. The number of ether oxygens (including phenoxy) is 1. The van der Waals surface area contributed by atoms with Crippen LogP contribution in [0.4, 0.5) is 0 Å². The lowest BCUT2D eigenvalue weighted by Gasteiger charge is -2.06. The van der Waals surface area contributed by atoms with Gasteiger partial charge in [-0.15, -0.1) is 0 Å². The molecule has 102 valence electrons. The number of aromatic nitrogens is 2. The Morgan fingerprint density at radius 2 is 2.21 bits per heavy atom. The first-order valence-corrected chi connectivity index (χ1v) is 8.12. The summed E-state index contributed by atoms with van der Waals surface area (Å²) in [5.41, 5.74) is 0. The molecule has 6 nitrogen and oxygen atoms in total. The molecular weight excluding hydrogens is 360 g/mol. The van der Waals surface area contributed by atoms with Crippen LogP contribution in [0.15, 0.2) is 32.1 Å². The second kappa shape index (κ2) is 5.48. The molecule has 0 aliphatic carbocycles. The summed E-state index contributed by atoms with van der Waals surface area (Å²) in [5.74, 6) is 1.29. The molecule has 0 unspecified atom stereocenters. The highest BCUT2D eigenvalue weighted by molar-refractivity contribution is 9.10. The van der Waals surface area contributed by atoms with Crippen LogP contribution in [-0.4, -0.2) is 18.6 Å². The molecule has 2 aromatic rings. The van der Waals surface area contributed by atoms with Crippen molar-refractivity contribution in [1.82, 2.24) is 10.1 Å². The van der Waals surface area contributed by atoms with Crippen LogP contribution in [0.5, 0.6) is 5.75 Å². The van der Waals surface area contributed by atoms with Crippen LogP contribution in [-0.2, 0) is 15.7 Å². The van der Waals surface area contributed by atoms with E-state index in [4.69, 9.17) is 19.9 Å². The summed E-state index contributed by atoms with van der Waals surface area (Å²) in [6.07, 6.45) is 0. The number of halogens is 2. The van der Waals surface area contributed by atoms with E-state index in [9.17, 15) is 8.42 Å². The van der Waals surface area contributed by atoms with Gasteiger partial charge < -0.3 is 9.26 Å². The predicted octanol–water partition coefficient (Wildman–Crippen LogP) is 2.65. The maximum Gasteiger partial charge on any atom is 0.264 e. The number of rotatable bonds is 4. The third kappa shape index (κ3) is 3.68. The van der Waals surface area contributed by atoms with E-state index < -0.39 is 9.05 Å². The van der Waals surface area contributed by atoms with Gasteiger partial charge in [-0.2, -0.15) is 4.98 Å². The molecular formula is C10H8BrClN2O4S. The SMILES string of the molecule is Cc1noc(COc2ccc(S(=O)(=O)Cl)cc2Br)n1. The zero-order chi connectivity index (χ0) is 14.0. The van der Waals surface area contributed by atoms with Crippen LogP contribution in [0.3, 0.4) is 0 Å². The standard InChI is InChI=1S/C10H8BrClN2O4S/c1-6-13-10(18-14-6)5-17-9-3-2-7(4-8(9)11)19(12,15)16/h2-4H,5H2,1H3. The molecule has 0 radical (unpaired) electrons. The molecule has 0 bridgehead atoms. The maximum atomic E-state index is 11.1. The minimum atomic E-state index is -3.76. The molecule has 0 saturated carbocycles. The van der Waals surface area contributed by atoms with E-state index in [0.29, 0.717) is 21.9 Å². The monoisotopic (exact) mass is 366 g/mol. The quantitative estimate of drug-likeness (QED) is 0.773. The Morgan fingerprint density at radius 3 is 2.74 bits per heavy atom. The average molecular weight is 368 g/mol. The van der Waals surface area contributed by atoms with Crippen LogP contribution in [0.1, 0.15) is 11.7 Å². The van der Waals surface area contributed by atoms with E-state index in [1.807, 2.05) is 0 Å². The zero-order valence-corrected chi connectivity index (χ0v) is 12.8. The largest absolute Gasteiger partial charge is 0.483 e. The molecule has 0 amide bonds. The minimum absolute atomic E-state index is 0.0120. The van der Waals surface area contributed by atoms with Gasteiger partial charge in [-0.1, -0.05) is 5.16 Å². The summed E-state index contributed by atoms with van der Waals surface area (Å²) in [7, 11) is 1.48. The summed E-state index contributed by atoms with van der Waals surface area (Å²) >= 11 is 3.20. The summed E-state index contributed by atoms with van der Waals surface area (Å²) in [5, 5.41) is 3.62. The molecule has 0 aliphatic rings. The first kappa shape index (κ1) is 14.3. The van der Waals surface area contributed by atoms with E-state index in [-0.39, 0.29) is 11.5 Å². The molecule has 19 heavy (non-hydrogen) atoms. The molecule has 0 aliphatic heterocycles. The second-order valence-corrected chi connectivity index (χ2v) is 6.97. The molecule has 9 heteroatoms. The van der Waals surface area contributed by atoms with Gasteiger partial charge >= 0.3 is 0 Å². The zero-order valence-electron chi connectivity index (χ0n) is 9.63. The highest BCUT2D eigenvalue weighted by atomic mass is 79.9. The van der Waals surface area contributed by atoms with Gasteiger partial charge in [-0.25, -0.2) is 8.42 Å². The fourth-order valence-corrected chi connectivity index (χ4v) is 2.71. The van der Waals surface area contributed by atoms with Crippen LogP contribution in [0.2, 0.25) is 0 Å². The van der Waals surface area contributed by atoms with Gasteiger partial charge in [-0.05, 0) is 41.1 Å². The number of hydrogen-bond acceptors (Lipinski definition) is 6. The lowest BCUT2D eigenvalue weighted by Crippen LogP contribution is -1.98. The lowest BCUT2D eigenvalue weighted by molar-refractivity contribution is 0.241. The fourth-order valence-electron chi connectivity index (χ4n) is 1.29. The highest BCUT2D eigenvalue weighted by Gasteiger charge is 2.13. The van der Waals surface area contributed by atoms with Crippen molar-refractivity contribution in [3.63, 3.8) is 0 Å². The minimum Gasteiger partial charge on any atom is -0.483 e. The Labute approximate surface area is 122 Å². The van der Waals surface area contributed by atoms with Crippen LogP contribution < -0.4 is 4.74 Å². The predicted molar refractivity (Wildman–Crippen MR) is 70.5 cm³/mol. The van der Waals surface area contributed by atoms with Gasteiger partial charge in [0.2, 0.25) is 0 Å². The number of aryl methyl sites for hydroxylation is 1. The van der Waals surface area contributed by atoms with Crippen molar-refractivity contribution in [2.45, 2.75) is 18.4 Å². The van der Waals surface area contributed by atoms with Gasteiger partial charge in [-0.3, -0.25) is 0 Å². The van der Waals surface area contributed by atoms with Crippen molar-refractivity contribution >= 4 is 35.7 Å². The fraction of sp³-hybridized carbons (Fsp3) is 0.200. The normalized spacial score (nSPS) is 11.5. The van der Waals surface area contributed by atoms with Gasteiger partial charge in [0, 0.05) is 10.7 Å². The van der Waals surface area contributed by atoms with Crippen molar-refractivity contribution < 1.29 is 17.7 Å². The molecule has 1 aromatic carbocycles. The van der Waals surface area contributed by atoms with Crippen LogP contribution in [0, 0.1) is 6.92 Å². The van der Waals surface area contributed by atoms with Gasteiger partial charge in [0.05, 0.1) is 9.37 Å². The Balaban J connectivity index is 2.14. The molecule has 0 spiro atoms. The van der Waals surface area contributed by atoms with Crippen LogP contribution in [0.25, 0.3) is 0 Å². The number of hydrogen-bond donors (Lipinski definition) is 0. The summed E-state index contributed by atoms with van der Waals surface area (Å²) in [6.45, 7) is 1.79. The summed E-state index contributed by atoms with van der Waals surface area (Å²) < 4.78 is 33.1. The van der Waals surface area contributed by atoms with E-state index in [1.54, 1.807) is 6.92 Å². The van der Waals surface area contributed by atoms with Crippen molar-refractivity contribution in [2.24, 2.45) is 0 Å². The van der Waals surface area contributed by atoms with Crippen LogP contribution >= 0.6 is 26.6 Å². The van der Waals surface area contributed by atoms with E-state index in [0.717, 1.165) is 0 Å². The highest BCUT2D eigenvalue weighted by Crippen LogP contribution is 2.29. The van der Waals surface area contributed by atoms with Gasteiger partial charge in [0.15, 0.2) is 12.4 Å². The Morgan fingerprint density at radius 1 is 1.47 bits per heavy atom. The first-order valence-electron chi connectivity index (χ1n) is 5.02. The molecule has 1 aromatic heterocycles. The topological polar surface area (TPSA) is 82.3 Å². The molecule has 0 saturated heterocycles. The molecule has 0 N–H and O–H groups in total. The summed E-state index contributed by atoms with van der Waals surface area (Å²) in [4.78, 5) is 3.97. The molecule has 1 heterocycles. The number of benzene rings is 1. The van der Waals surface area contributed by atoms with Crippen molar-refractivity contribution in [1.29, 1.82) is 0 Å². The van der Waals surface area contributed by atoms with Crippen molar-refractivity contribution in [3.8, 4) is 5.75 Å². The second-order valence-electron chi connectivity index (χ2n) is 3.55. The lowest BCUT2D eigenvalue weighted by atomic mass is 10.3. The average Bonchev–Trinajstić information content (AvgIpc) is 2.72. The third-order valence-corrected chi connectivity index (χ3v) is 4.08. The van der Waals surface area contributed by atoms with Crippen molar-refractivity contribution in [2.75, 3.05) is 0 Å². The van der Waals surface area contributed by atoms with Gasteiger partial charge in [0.25, 0.3) is 14.9 Å². The Kier molecular flexibility index (Phi) is 4.12. The Bertz CT molecular complexity index is 701. The van der Waals surface area contributed by atoms with E-state index >= 15 is 0 Å². The summed E-state index contributed by atoms with van der Waals surface area (Å²) in [6, 6.07) is 4.20. The first-order chi connectivity index (χ1) is 8.86. The Hall–Kier alpha value is -1.12. The smallest absolute Gasteiger partial charge is 0.264 e. The van der Waals surface area contributed by atoms with Crippen molar-refractivity contribution in [3.05, 3.63) is 34.4 Å². The molecule has 0 atom stereocenters.